The lowest BCUT2D eigenvalue weighted by Gasteiger charge is -2.08. The first-order valence-corrected chi connectivity index (χ1v) is 8.02. The zero-order chi connectivity index (χ0) is 19.3. The lowest BCUT2D eigenvalue weighted by Crippen LogP contribution is -2.21. The van der Waals surface area contributed by atoms with E-state index in [1.807, 2.05) is 6.07 Å². The highest BCUT2D eigenvalue weighted by Crippen LogP contribution is 2.21. The average molecular weight is 437 g/mol. The normalized spacial score (nSPS) is 12.8. The summed E-state index contributed by atoms with van der Waals surface area (Å²) in [6.07, 6.45) is -5.08. The molecule has 140 valence electrons. The first-order valence-electron chi connectivity index (χ1n) is 7.23. The van der Waals surface area contributed by atoms with E-state index in [9.17, 15) is 17.6 Å². The molecule has 10 heteroatoms. The number of nitrogens with one attached hydrogen (secondary N) is 1. The largest absolute Gasteiger partial charge is 0.490 e. The van der Waals surface area contributed by atoms with Crippen LogP contribution in [0.1, 0.15) is 16.7 Å². The van der Waals surface area contributed by atoms with Crippen LogP contribution < -0.4 is 10.1 Å². The standard InChI is InChI=1S/C14H12BrFN2O.C2HF3O2/c15-13-4-3-12(16)14(18-13)19-8-9-1-2-10-6-17-7-11(10)5-9;3-2(4,5)1(6)7/h1-5,17H,6-8H2;(H,6,7). The number of nitrogens with zero attached hydrogens (tertiary/aromatic N) is 1. The molecule has 2 heterocycles. The molecule has 0 aliphatic carbocycles. The van der Waals surface area contributed by atoms with Gasteiger partial charge in [-0.1, -0.05) is 18.2 Å². The number of halogens is 5. The van der Waals surface area contributed by atoms with Crippen LogP contribution in [0.3, 0.4) is 0 Å². The summed E-state index contributed by atoms with van der Waals surface area (Å²) in [5.41, 5.74) is 3.61. The zero-order valence-corrected chi connectivity index (χ0v) is 14.7. The topological polar surface area (TPSA) is 71.5 Å². The molecule has 1 aromatic heterocycles. The maximum absolute atomic E-state index is 13.5. The molecule has 0 atom stereocenters. The van der Waals surface area contributed by atoms with Crippen molar-refractivity contribution >= 4 is 21.9 Å². The summed E-state index contributed by atoms with van der Waals surface area (Å²) in [6, 6.07) is 9.05. The summed E-state index contributed by atoms with van der Waals surface area (Å²) in [6.45, 7) is 2.11. The lowest BCUT2D eigenvalue weighted by molar-refractivity contribution is -0.192. The lowest BCUT2D eigenvalue weighted by atomic mass is 10.1. The predicted octanol–water partition coefficient (Wildman–Crippen LogP) is 3.80. The second-order valence-corrected chi connectivity index (χ2v) is 6.03. The molecule has 5 nitrogen and oxygen atoms in total. The van der Waals surface area contributed by atoms with Crippen molar-refractivity contribution in [3.05, 3.63) is 57.4 Å². The number of carbonyl (C=O) groups is 1. The molecule has 0 radical (unpaired) electrons. The summed E-state index contributed by atoms with van der Waals surface area (Å²) in [5.74, 6) is -3.19. The quantitative estimate of drug-likeness (QED) is 0.565. The second kappa shape index (κ2) is 8.45. The van der Waals surface area contributed by atoms with Crippen LogP contribution in [0.4, 0.5) is 17.6 Å². The van der Waals surface area contributed by atoms with Gasteiger partial charge in [0.25, 0.3) is 5.88 Å². The van der Waals surface area contributed by atoms with Crippen LogP contribution in [0, 0.1) is 5.82 Å². The SMILES string of the molecule is Fc1ccc(Br)nc1OCc1ccc2c(c1)CNC2.O=C(O)C(F)(F)F. The van der Waals surface area contributed by atoms with Gasteiger partial charge in [-0.3, -0.25) is 0 Å². The van der Waals surface area contributed by atoms with Crippen LogP contribution in [0.2, 0.25) is 0 Å². The van der Waals surface area contributed by atoms with Crippen molar-refractivity contribution in [2.45, 2.75) is 25.9 Å². The van der Waals surface area contributed by atoms with E-state index in [4.69, 9.17) is 14.6 Å². The van der Waals surface area contributed by atoms with Crippen molar-refractivity contribution in [3.8, 4) is 5.88 Å². The number of benzene rings is 1. The minimum absolute atomic E-state index is 0.0213. The van der Waals surface area contributed by atoms with Gasteiger partial charge in [0.05, 0.1) is 0 Å². The molecule has 2 aromatic rings. The average Bonchev–Trinajstić information content (AvgIpc) is 3.03. The van der Waals surface area contributed by atoms with Gasteiger partial charge >= 0.3 is 12.1 Å². The Morgan fingerprint density at radius 3 is 2.54 bits per heavy atom. The molecule has 0 saturated carbocycles. The van der Waals surface area contributed by atoms with Gasteiger partial charge in [0.15, 0.2) is 5.82 Å². The maximum atomic E-state index is 13.5. The molecular formula is C16H13BrF4N2O3. The maximum Gasteiger partial charge on any atom is 0.490 e. The smallest absolute Gasteiger partial charge is 0.475 e. The van der Waals surface area contributed by atoms with Gasteiger partial charge in [-0.15, -0.1) is 0 Å². The zero-order valence-electron chi connectivity index (χ0n) is 13.1. The number of carboxylic acid groups (broad SMARTS) is 1. The number of fused-ring (bicyclic) bond motifs is 1. The molecule has 0 amide bonds. The Kier molecular flexibility index (Phi) is 6.54. The molecule has 1 aliphatic rings. The first-order chi connectivity index (χ1) is 12.2. The summed E-state index contributed by atoms with van der Waals surface area (Å²) in [4.78, 5) is 12.9. The number of carboxylic acids is 1. The van der Waals surface area contributed by atoms with Crippen LogP contribution >= 0.6 is 15.9 Å². The van der Waals surface area contributed by atoms with Crippen molar-refractivity contribution in [1.29, 1.82) is 0 Å². The van der Waals surface area contributed by atoms with Crippen molar-refractivity contribution in [2.24, 2.45) is 0 Å². The molecule has 26 heavy (non-hydrogen) atoms. The highest BCUT2D eigenvalue weighted by Gasteiger charge is 2.38. The molecule has 0 bridgehead atoms. The van der Waals surface area contributed by atoms with E-state index in [1.165, 1.54) is 17.2 Å². The number of aliphatic carboxylic acids is 1. The number of hydrogen-bond donors (Lipinski definition) is 2. The van der Waals surface area contributed by atoms with Crippen molar-refractivity contribution < 1.29 is 32.2 Å². The molecule has 2 N–H and O–H groups in total. The Morgan fingerprint density at radius 2 is 1.88 bits per heavy atom. The van der Waals surface area contributed by atoms with Crippen LogP contribution in [0.25, 0.3) is 0 Å². The number of pyridine rings is 1. The van der Waals surface area contributed by atoms with Crippen LogP contribution in [-0.2, 0) is 24.5 Å². The highest BCUT2D eigenvalue weighted by molar-refractivity contribution is 9.10. The number of ether oxygens (including phenoxy) is 1. The Morgan fingerprint density at radius 1 is 1.23 bits per heavy atom. The predicted molar refractivity (Wildman–Crippen MR) is 86.9 cm³/mol. The Hall–Kier alpha value is -2.20. The van der Waals surface area contributed by atoms with Crippen LogP contribution in [0.15, 0.2) is 34.9 Å². The molecule has 0 unspecified atom stereocenters. The molecular weight excluding hydrogens is 424 g/mol. The van der Waals surface area contributed by atoms with Gasteiger partial charge in [0.2, 0.25) is 0 Å². The Labute approximate surface area is 154 Å². The van der Waals surface area contributed by atoms with Gasteiger partial charge in [-0.2, -0.15) is 13.2 Å². The van der Waals surface area contributed by atoms with E-state index in [0.29, 0.717) is 11.2 Å². The van der Waals surface area contributed by atoms with Gasteiger partial charge in [0, 0.05) is 13.1 Å². The van der Waals surface area contributed by atoms with Crippen molar-refractivity contribution in [2.75, 3.05) is 0 Å². The van der Waals surface area contributed by atoms with Gasteiger partial charge in [-0.05, 0) is 44.8 Å². The number of alkyl halides is 3. The fourth-order valence-electron chi connectivity index (χ4n) is 2.09. The monoisotopic (exact) mass is 436 g/mol. The van der Waals surface area contributed by atoms with E-state index in [1.54, 1.807) is 6.07 Å². The third kappa shape index (κ3) is 5.67. The van der Waals surface area contributed by atoms with Gasteiger partial charge in [-0.25, -0.2) is 14.2 Å². The third-order valence-electron chi connectivity index (χ3n) is 3.30. The number of rotatable bonds is 3. The van der Waals surface area contributed by atoms with Gasteiger partial charge < -0.3 is 15.2 Å². The molecule has 3 rings (SSSR count). The minimum Gasteiger partial charge on any atom is -0.475 e. The molecule has 0 spiro atoms. The Balaban J connectivity index is 0.000000298. The number of aromatic nitrogens is 1. The summed E-state index contributed by atoms with van der Waals surface area (Å²) in [7, 11) is 0. The van der Waals surface area contributed by atoms with E-state index >= 15 is 0 Å². The third-order valence-corrected chi connectivity index (χ3v) is 3.74. The van der Waals surface area contributed by atoms with Crippen molar-refractivity contribution in [3.63, 3.8) is 0 Å². The first kappa shape index (κ1) is 20.1. The summed E-state index contributed by atoms with van der Waals surface area (Å²) in [5, 5.41) is 10.4. The molecule has 1 aromatic carbocycles. The number of hydrogen-bond acceptors (Lipinski definition) is 4. The Bertz CT molecular complexity index is 800. The van der Waals surface area contributed by atoms with E-state index in [2.05, 4.69) is 38.4 Å². The van der Waals surface area contributed by atoms with Crippen LogP contribution in [0.5, 0.6) is 5.88 Å². The highest BCUT2D eigenvalue weighted by atomic mass is 79.9. The van der Waals surface area contributed by atoms with E-state index in [-0.39, 0.29) is 5.88 Å². The summed E-state index contributed by atoms with van der Waals surface area (Å²) >= 11 is 3.20. The van der Waals surface area contributed by atoms with Crippen molar-refractivity contribution in [1.82, 2.24) is 10.3 Å². The fourth-order valence-corrected chi connectivity index (χ4v) is 2.38. The minimum atomic E-state index is -5.08. The molecule has 0 fully saturated rings. The molecule has 0 saturated heterocycles. The van der Waals surface area contributed by atoms with E-state index in [0.717, 1.165) is 18.7 Å². The van der Waals surface area contributed by atoms with E-state index < -0.39 is 18.0 Å². The summed E-state index contributed by atoms with van der Waals surface area (Å²) < 4.78 is 51.2. The second-order valence-electron chi connectivity index (χ2n) is 5.22. The van der Waals surface area contributed by atoms with Crippen LogP contribution in [-0.4, -0.2) is 22.2 Å². The van der Waals surface area contributed by atoms with Gasteiger partial charge in [0.1, 0.15) is 11.2 Å². The fraction of sp³-hybridized carbons (Fsp3) is 0.250. The molecule has 1 aliphatic heterocycles.